The molecular weight excluding hydrogens is 337 g/mol. The normalized spacial score (nSPS) is 12.3. The van der Waals surface area contributed by atoms with E-state index < -0.39 is 29.4 Å². The first kappa shape index (κ1) is 18.3. The van der Waals surface area contributed by atoms with Crippen LogP contribution in [-0.2, 0) is 10.1 Å². The topological polar surface area (TPSA) is 60.4 Å². The molecule has 0 aliphatic rings. The Morgan fingerprint density at radius 3 is 2.23 bits per heavy atom. The summed E-state index contributed by atoms with van der Waals surface area (Å²) in [6.07, 6.45) is 0.368. The number of benzene rings is 1. The first-order valence-electron chi connectivity index (χ1n) is 5.98. The maximum absolute atomic E-state index is 12.3. The zero-order valence-electron chi connectivity index (χ0n) is 12.0. The van der Waals surface area contributed by atoms with Gasteiger partial charge in [-0.05, 0) is 18.2 Å². The summed E-state index contributed by atoms with van der Waals surface area (Å²) in [5.41, 5.74) is -2.42. The highest BCUT2D eigenvalue weighted by Gasteiger charge is 2.48. The predicted octanol–water partition coefficient (Wildman–Crippen LogP) is 2.96. The molecule has 4 nitrogen and oxygen atoms in total. The minimum Gasteiger partial charge on any atom is -0.376 e. The Hall–Kier alpha value is -1.79. The van der Waals surface area contributed by atoms with Crippen molar-refractivity contribution in [3.63, 3.8) is 0 Å². The summed E-state index contributed by atoms with van der Waals surface area (Å²) in [4.78, 5) is 10.8. The molecule has 1 rings (SSSR count). The van der Waals surface area contributed by atoms with Gasteiger partial charge in [0.05, 0.1) is 0 Å². The number of hydrogen-bond acceptors (Lipinski definition) is 4. The van der Waals surface area contributed by atoms with E-state index in [0.717, 1.165) is 12.1 Å². The van der Waals surface area contributed by atoms with Crippen molar-refractivity contribution in [1.82, 2.24) is 0 Å². The Labute approximate surface area is 127 Å². The van der Waals surface area contributed by atoms with Crippen LogP contribution in [-0.4, -0.2) is 28.3 Å². The summed E-state index contributed by atoms with van der Waals surface area (Å²) >= 11 is 0. The Kier molecular flexibility index (Phi) is 5.09. The SMILES string of the molecule is C[Si](C)(C)C#Cc1cc(C=O)cc(OS(=O)(=O)C(F)(F)F)c1. The van der Waals surface area contributed by atoms with E-state index in [1.165, 1.54) is 6.07 Å². The molecule has 0 spiro atoms. The van der Waals surface area contributed by atoms with Gasteiger partial charge in [0, 0.05) is 11.1 Å². The number of carbonyl (C=O) groups is 1. The van der Waals surface area contributed by atoms with Crippen molar-refractivity contribution in [2.45, 2.75) is 25.1 Å². The lowest BCUT2D eigenvalue weighted by Crippen LogP contribution is -2.28. The third-order valence-corrected chi connectivity index (χ3v) is 3.99. The van der Waals surface area contributed by atoms with Gasteiger partial charge in [-0.2, -0.15) is 21.6 Å². The first-order chi connectivity index (χ1) is 9.84. The maximum atomic E-state index is 12.3. The lowest BCUT2D eigenvalue weighted by Gasteiger charge is -2.10. The second kappa shape index (κ2) is 6.14. The van der Waals surface area contributed by atoms with Gasteiger partial charge in [-0.1, -0.05) is 25.6 Å². The molecule has 22 heavy (non-hydrogen) atoms. The summed E-state index contributed by atoms with van der Waals surface area (Å²) in [6.45, 7) is 5.86. The van der Waals surface area contributed by atoms with Crippen LogP contribution in [0.5, 0.6) is 5.75 Å². The fourth-order valence-electron chi connectivity index (χ4n) is 1.24. The second-order valence-corrected chi connectivity index (χ2v) is 11.7. The van der Waals surface area contributed by atoms with E-state index in [2.05, 4.69) is 15.6 Å². The van der Waals surface area contributed by atoms with Crippen LogP contribution in [0.25, 0.3) is 0 Å². The van der Waals surface area contributed by atoms with E-state index in [4.69, 9.17) is 0 Å². The molecule has 1 aromatic rings. The van der Waals surface area contributed by atoms with E-state index >= 15 is 0 Å². The molecule has 0 aliphatic carbocycles. The average Bonchev–Trinajstić information content (AvgIpc) is 2.33. The minimum absolute atomic E-state index is 0.0326. The van der Waals surface area contributed by atoms with Crippen molar-refractivity contribution in [2.24, 2.45) is 0 Å². The molecule has 0 bridgehead atoms. The molecule has 120 valence electrons. The quantitative estimate of drug-likeness (QED) is 0.276. The Morgan fingerprint density at radius 2 is 1.77 bits per heavy atom. The largest absolute Gasteiger partial charge is 0.534 e. The van der Waals surface area contributed by atoms with Crippen LogP contribution in [0.1, 0.15) is 15.9 Å². The van der Waals surface area contributed by atoms with Crippen molar-refractivity contribution in [3.05, 3.63) is 29.3 Å². The third-order valence-electron chi connectivity index (χ3n) is 2.14. The lowest BCUT2D eigenvalue weighted by molar-refractivity contribution is -0.0500. The van der Waals surface area contributed by atoms with Gasteiger partial charge in [0.25, 0.3) is 0 Å². The summed E-state index contributed by atoms with van der Waals surface area (Å²) in [5.74, 6) is 2.11. The number of alkyl halides is 3. The van der Waals surface area contributed by atoms with Gasteiger partial charge in [-0.3, -0.25) is 4.79 Å². The number of carbonyl (C=O) groups excluding carboxylic acids is 1. The van der Waals surface area contributed by atoms with Crippen molar-refractivity contribution in [3.8, 4) is 17.2 Å². The fraction of sp³-hybridized carbons (Fsp3) is 0.308. The van der Waals surface area contributed by atoms with Gasteiger partial charge >= 0.3 is 15.6 Å². The molecule has 0 saturated heterocycles. The summed E-state index contributed by atoms with van der Waals surface area (Å²) in [5, 5.41) is 0. The lowest BCUT2D eigenvalue weighted by atomic mass is 10.1. The number of aldehydes is 1. The first-order valence-corrected chi connectivity index (χ1v) is 10.9. The number of rotatable bonds is 3. The highest BCUT2D eigenvalue weighted by Crippen LogP contribution is 2.27. The summed E-state index contributed by atoms with van der Waals surface area (Å²) in [7, 11) is -7.54. The van der Waals surface area contributed by atoms with Crippen LogP contribution in [0.4, 0.5) is 13.2 Å². The maximum Gasteiger partial charge on any atom is 0.534 e. The van der Waals surface area contributed by atoms with Crippen LogP contribution in [0.2, 0.25) is 19.6 Å². The van der Waals surface area contributed by atoms with Gasteiger partial charge in [0.2, 0.25) is 0 Å². The predicted molar refractivity (Wildman–Crippen MR) is 77.7 cm³/mol. The molecule has 0 unspecified atom stereocenters. The van der Waals surface area contributed by atoms with Crippen LogP contribution < -0.4 is 4.18 Å². The molecule has 0 fully saturated rings. The molecule has 9 heteroatoms. The summed E-state index contributed by atoms with van der Waals surface area (Å²) in [6, 6.07) is 3.28. The standard InChI is InChI=1S/C13H13F3O4SSi/c1-22(2,3)5-4-10-6-11(9-17)8-12(7-10)20-21(18,19)13(14,15)16/h6-9H,1-3H3. The second-order valence-electron chi connectivity index (χ2n) is 5.39. The van der Waals surface area contributed by atoms with Crippen molar-refractivity contribution >= 4 is 24.5 Å². The molecular formula is C13H13F3O4SSi. The summed E-state index contributed by atoms with van der Waals surface area (Å²) < 4.78 is 62.9. The zero-order valence-corrected chi connectivity index (χ0v) is 13.8. The third kappa shape index (κ3) is 5.20. The smallest absolute Gasteiger partial charge is 0.376 e. The van der Waals surface area contributed by atoms with Crippen LogP contribution in [0, 0.1) is 11.5 Å². The van der Waals surface area contributed by atoms with Crippen LogP contribution >= 0.6 is 0 Å². The van der Waals surface area contributed by atoms with Gasteiger partial charge in [-0.15, -0.1) is 5.54 Å². The van der Waals surface area contributed by atoms with Crippen molar-refractivity contribution in [1.29, 1.82) is 0 Å². The van der Waals surface area contributed by atoms with Gasteiger partial charge < -0.3 is 4.18 Å². The van der Waals surface area contributed by atoms with Gasteiger partial charge in [0.1, 0.15) is 20.1 Å². The van der Waals surface area contributed by atoms with E-state index in [1.807, 2.05) is 19.6 Å². The minimum atomic E-state index is -5.79. The molecule has 0 atom stereocenters. The Balaban J connectivity index is 3.27. The fourth-order valence-corrected chi connectivity index (χ4v) is 2.21. The van der Waals surface area contributed by atoms with Crippen molar-refractivity contribution < 1.29 is 30.6 Å². The van der Waals surface area contributed by atoms with E-state index in [9.17, 15) is 26.4 Å². The van der Waals surface area contributed by atoms with E-state index in [0.29, 0.717) is 6.29 Å². The molecule has 0 aliphatic heterocycles. The zero-order chi connectivity index (χ0) is 17.2. The molecule has 1 aromatic carbocycles. The van der Waals surface area contributed by atoms with Crippen molar-refractivity contribution in [2.75, 3.05) is 0 Å². The average molecular weight is 350 g/mol. The monoisotopic (exact) mass is 350 g/mol. The van der Waals surface area contributed by atoms with Crippen LogP contribution in [0.15, 0.2) is 18.2 Å². The molecule has 0 amide bonds. The van der Waals surface area contributed by atoms with E-state index in [1.54, 1.807) is 0 Å². The number of halogens is 3. The van der Waals surface area contributed by atoms with Crippen LogP contribution in [0.3, 0.4) is 0 Å². The number of hydrogen-bond donors (Lipinski definition) is 0. The molecule has 0 aromatic heterocycles. The molecule has 0 heterocycles. The Morgan fingerprint density at radius 1 is 1.18 bits per heavy atom. The Bertz CT molecular complexity index is 737. The molecule has 0 radical (unpaired) electrons. The molecule has 0 N–H and O–H groups in total. The molecule has 0 saturated carbocycles. The highest BCUT2D eigenvalue weighted by atomic mass is 32.2. The van der Waals surface area contributed by atoms with Gasteiger partial charge in [-0.25, -0.2) is 0 Å². The van der Waals surface area contributed by atoms with Gasteiger partial charge in [0.15, 0.2) is 0 Å². The van der Waals surface area contributed by atoms with E-state index in [-0.39, 0.29) is 11.1 Å². The highest BCUT2D eigenvalue weighted by molar-refractivity contribution is 7.88.